The fraction of sp³-hybridized carbons (Fsp3) is 0.571. The van der Waals surface area contributed by atoms with Crippen molar-refractivity contribution in [2.24, 2.45) is 5.10 Å². The molecule has 1 heterocycles. The highest BCUT2D eigenvalue weighted by Gasteiger charge is 2.18. The van der Waals surface area contributed by atoms with Gasteiger partial charge in [0, 0.05) is 0 Å². The Bertz CT molecular complexity index is 604. The van der Waals surface area contributed by atoms with E-state index in [-0.39, 0.29) is 6.61 Å². The lowest BCUT2D eigenvalue weighted by molar-refractivity contribution is 0.0529. The molecule has 0 saturated carbocycles. The first kappa shape index (κ1) is 18.9. The summed E-state index contributed by atoms with van der Waals surface area (Å²) in [6.07, 6.45) is -1.22. The van der Waals surface area contributed by atoms with Crippen LogP contribution in [0.25, 0.3) is 0 Å². The minimum Gasteiger partial charge on any atom is -0.450 e. The van der Waals surface area contributed by atoms with E-state index in [0.717, 1.165) is 11.5 Å². The third-order valence-corrected chi connectivity index (χ3v) is 3.28. The number of nitrogens with zero attached hydrogens (tertiary/aromatic N) is 2. The van der Waals surface area contributed by atoms with Gasteiger partial charge in [0.15, 0.2) is 0 Å². The Labute approximate surface area is 139 Å². The second-order valence-electron chi connectivity index (χ2n) is 5.63. The Morgan fingerprint density at radius 1 is 1.30 bits per heavy atom. The number of hydrogen-bond acceptors (Lipinski definition) is 7. The van der Waals surface area contributed by atoms with Gasteiger partial charge in [-0.25, -0.2) is 15.0 Å². The minimum atomic E-state index is -0.655. The lowest BCUT2D eigenvalue weighted by Gasteiger charge is -2.18. The zero-order valence-corrected chi connectivity index (χ0v) is 15.0. The highest BCUT2D eigenvalue weighted by atomic mass is 32.1. The standard InChI is InChI=1S/C14H22N4O4S/c1-7-21-12(19)15-11-10(9(3)18-23-11)8(2)16-17-13(20)22-14(4,5)6/h7H2,1-6H3,(H,15,19)(H,17,20)/b16-8+. The quantitative estimate of drug-likeness (QED) is 0.646. The predicted molar refractivity (Wildman–Crippen MR) is 89.1 cm³/mol. The number of carbonyl (C=O) groups excluding carboxylic acids is 2. The topological polar surface area (TPSA) is 102 Å². The van der Waals surface area contributed by atoms with Gasteiger partial charge < -0.3 is 9.47 Å². The molecule has 0 aliphatic carbocycles. The molecule has 1 aromatic rings. The summed E-state index contributed by atoms with van der Waals surface area (Å²) < 4.78 is 14.1. The Morgan fingerprint density at radius 3 is 2.52 bits per heavy atom. The van der Waals surface area contributed by atoms with Gasteiger partial charge in [0.05, 0.1) is 23.6 Å². The first-order valence-corrected chi connectivity index (χ1v) is 7.85. The second kappa shape index (κ2) is 7.91. The number of carbonyl (C=O) groups is 2. The third-order valence-electron chi connectivity index (χ3n) is 2.43. The molecule has 1 rings (SSSR count). The summed E-state index contributed by atoms with van der Waals surface area (Å²) in [5.74, 6) is 0. The van der Waals surface area contributed by atoms with Crippen LogP contribution in [-0.4, -0.2) is 34.5 Å². The maximum absolute atomic E-state index is 11.6. The molecule has 0 atom stereocenters. The number of anilines is 1. The zero-order valence-electron chi connectivity index (χ0n) is 14.1. The zero-order chi connectivity index (χ0) is 17.6. The molecule has 0 aromatic carbocycles. The molecule has 2 amide bonds. The van der Waals surface area contributed by atoms with Crippen molar-refractivity contribution in [3.63, 3.8) is 0 Å². The maximum Gasteiger partial charge on any atom is 0.428 e. The number of rotatable bonds is 4. The van der Waals surface area contributed by atoms with Gasteiger partial charge in [0.1, 0.15) is 10.6 Å². The highest BCUT2D eigenvalue weighted by Crippen LogP contribution is 2.25. The fourth-order valence-corrected chi connectivity index (χ4v) is 2.46. The van der Waals surface area contributed by atoms with Gasteiger partial charge in [-0.05, 0) is 53.1 Å². The van der Waals surface area contributed by atoms with Gasteiger partial charge in [-0.3, -0.25) is 5.32 Å². The summed E-state index contributed by atoms with van der Waals surface area (Å²) in [4.78, 5) is 23.2. The molecule has 9 heteroatoms. The molecule has 0 aliphatic rings. The number of aryl methyl sites for hydroxylation is 1. The Hall–Kier alpha value is -2.16. The van der Waals surface area contributed by atoms with Crippen LogP contribution in [0, 0.1) is 6.92 Å². The summed E-state index contributed by atoms with van der Waals surface area (Å²) in [6, 6.07) is 0. The Balaban J connectivity index is 2.84. The van der Waals surface area contributed by atoms with Crippen molar-refractivity contribution in [1.29, 1.82) is 0 Å². The molecule has 0 bridgehead atoms. The van der Waals surface area contributed by atoms with Gasteiger partial charge in [-0.2, -0.15) is 9.47 Å². The van der Waals surface area contributed by atoms with Gasteiger partial charge in [-0.1, -0.05) is 0 Å². The monoisotopic (exact) mass is 342 g/mol. The van der Waals surface area contributed by atoms with E-state index in [2.05, 4.69) is 20.2 Å². The smallest absolute Gasteiger partial charge is 0.428 e. The van der Waals surface area contributed by atoms with Gasteiger partial charge >= 0.3 is 12.2 Å². The number of ether oxygens (including phenoxy) is 2. The predicted octanol–water partition coefficient (Wildman–Crippen LogP) is 3.27. The van der Waals surface area contributed by atoms with Gasteiger partial charge in [-0.15, -0.1) is 0 Å². The van der Waals surface area contributed by atoms with Gasteiger partial charge in [0.25, 0.3) is 0 Å². The molecule has 1 aromatic heterocycles. The SMILES string of the molecule is CCOC(=O)Nc1snc(C)c1/C(C)=N/NC(=O)OC(C)(C)C. The van der Waals surface area contributed by atoms with Crippen LogP contribution in [0.2, 0.25) is 0 Å². The maximum atomic E-state index is 11.6. The van der Waals surface area contributed by atoms with Crippen LogP contribution in [-0.2, 0) is 9.47 Å². The average Bonchev–Trinajstić information content (AvgIpc) is 2.75. The first-order valence-electron chi connectivity index (χ1n) is 7.07. The van der Waals surface area contributed by atoms with E-state index in [0.29, 0.717) is 22.0 Å². The van der Waals surface area contributed by atoms with Crippen molar-refractivity contribution in [1.82, 2.24) is 9.80 Å². The van der Waals surface area contributed by atoms with Crippen LogP contribution in [0.3, 0.4) is 0 Å². The number of amides is 2. The second-order valence-corrected chi connectivity index (χ2v) is 6.40. The van der Waals surface area contributed by atoms with Gasteiger partial charge in [0.2, 0.25) is 0 Å². The minimum absolute atomic E-state index is 0.270. The van der Waals surface area contributed by atoms with E-state index < -0.39 is 17.8 Å². The van der Waals surface area contributed by atoms with E-state index in [4.69, 9.17) is 9.47 Å². The molecule has 23 heavy (non-hydrogen) atoms. The lowest BCUT2D eigenvalue weighted by atomic mass is 10.2. The molecular weight excluding hydrogens is 320 g/mol. The van der Waals surface area contributed by atoms with Crippen LogP contribution < -0.4 is 10.7 Å². The van der Waals surface area contributed by atoms with Crippen LogP contribution in [0.15, 0.2) is 5.10 Å². The number of hydrogen-bond donors (Lipinski definition) is 2. The van der Waals surface area contributed by atoms with Crippen molar-refractivity contribution in [2.45, 2.75) is 47.1 Å². The molecule has 0 radical (unpaired) electrons. The molecular formula is C14H22N4O4S. The molecule has 8 nitrogen and oxygen atoms in total. The molecule has 128 valence electrons. The summed E-state index contributed by atoms with van der Waals surface area (Å²) in [5, 5.41) is 7.11. The average molecular weight is 342 g/mol. The molecule has 0 fully saturated rings. The Morgan fingerprint density at radius 2 is 1.96 bits per heavy atom. The normalized spacial score (nSPS) is 11.8. The summed E-state index contributed by atoms with van der Waals surface area (Å²) in [7, 11) is 0. The summed E-state index contributed by atoms with van der Waals surface area (Å²) in [5.41, 5.74) is 3.53. The van der Waals surface area contributed by atoms with Crippen molar-refractivity contribution in [2.75, 3.05) is 11.9 Å². The molecule has 0 saturated heterocycles. The van der Waals surface area contributed by atoms with Crippen LogP contribution in [0.4, 0.5) is 14.6 Å². The van der Waals surface area contributed by atoms with Crippen molar-refractivity contribution < 1.29 is 19.1 Å². The largest absolute Gasteiger partial charge is 0.450 e. The van der Waals surface area contributed by atoms with Crippen molar-refractivity contribution in [3.8, 4) is 0 Å². The third kappa shape index (κ3) is 6.23. The van der Waals surface area contributed by atoms with E-state index in [9.17, 15) is 9.59 Å². The van der Waals surface area contributed by atoms with E-state index >= 15 is 0 Å². The summed E-state index contributed by atoms with van der Waals surface area (Å²) in [6.45, 7) is 10.8. The van der Waals surface area contributed by atoms with E-state index in [1.807, 2.05) is 0 Å². The lowest BCUT2D eigenvalue weighted by Crippen LogP contribution is -2.30. The number of aromatic nitrogens is 1. The van der Waals surface area contributed by atoms with Crippen LogP contribution in [0.5, 0.6) is 0 Å². The molecule has 2 N–H and O–H groups in total. The van der Waals surface area contributed by atoms with Crippen molar-refractivity contribution >= 4 is 34.4 Å². The molecule has 0 spiro atoms. The summed E-state index contributed by atoms with van der Waals surface area (Å²) >= 11 is 1.12. The van der Waals surface area contributed by atoms with E-state index in [1.165, 1.54) is 0 Å². The van der Waals surface area contributed by atoms with E-state index in [1.54, 1.807) is 41.5 Å². The number of hydrazone groups is 1. The molecule has 0 unspecified atom stereocenters. The number of nitrogens with one attached hydrogen (secondary N) is 2. The molecule has 0 aliphatic heterocycles. The highest BCUT2D eigenvalue weighted by molar-refractivity contribution is 7.11. The first-order chi connectivity index (χ1) is 10.6. The van der Waals surface area contributed by atoms with Crippen LogP contribution in [0.1, 0.15) is 45.9 Å². The fourth-order valence-electron chi connectivity index (χ4n) is 1.63. The van der Waals surface area contributed by atoms with Crippen molar-refractivity contribution in [3.05, 3.63) is 11.3 Å². The Kier molecular flexibility index (Phi) is 6.49. The van der Waals surface area contributed by atoms with Crippen LogP contribution >= 0.6 is 11.5 Å².